The zero-order valence-corrected chi connectivity index (χ0v) is 10.7. The number of aliphatic hydroxyl groups excluding tert-OH is 1. The van der Waals surface area contributed by atoms with Crippen molar-refractivity contribution in [1.29, 1.82) is 0 Å². The topological polar surface area (TPSA) is 86.6 Å². The minimum atomic E-state index is -1.12. The number of aliphatic hydroxyl groups is 1. The maximum Gasteiger partial charge on any atom is 0.329 e. The van der Waals surface area contributed by atoms with Gasteiger partial charge in [-0.05, 0) is 51.4 Å². The number of nitrogens with one attached hydrogen (secondary N) is 1. The van der Waals surface area contributed by atoms with Crippen LogP contribution in [-0.2, 0) is 9.59 Å². The zero-order valence-electron chi connectivity index (χ0n) is 10.7. The van der Waals surface area contributed by atoms with Crippen LogP contribution in [0.25, 0.3) is 0 Å². The fourth-order valence-electron chi connectivity index (χ4n) is 2.69. The van der Waals surface area contributed by atoms with E-state index in [1.807, 2.05) is 0 Å². The Morgan fingerprint density at radius 3 is 2.11 bits per heavy atom. The molecule has 0 aromatic rings. The predicted octanol–water partition coefficient (Wildman–Crippen LogP) is 0.907. The third-order valence-corrected chi connectivity index (χ3v) is 4.29. The summed E-state index contributed by atoms with van der Waals surface area (Å²) in [5.41, 5.74) is -1.12. The van der Waals surface area contributed by atoms with E-state index in [4.69, 9.17) is 0 Å². The van der Waals surface area contributed by atoms with Gasteiger partial charge in [0.25, 0.3) is 0 Å². The van der Waals surface area contributed by atoms with E-state index in [0.29, 0.717) is 25.7 Å². The summed E-state index contributed by atoms with van der Waals surface area (Å²) < 4.78 is 0. The Morgan fingerprint density at radius 2 is 1.67 bits per heavy atom. The van der Waals surface area contributed by atoms with Gasteiger partial charge in [0.1, 0.15) is 5.54 Å². The highest BCUT2D eigenvalue weighted by Crippen LogP contribution is 2.40. The Labute approximate surface area is 107 Å². The molecule has 0 radical (unpaired) electrons. The molecule has 2 aliphatic carbocycles. The highest BCUT2D eigenvalue weighted by atomic mass is 16.4. The third kappa shape index (κ3) is 2.66. The highest BCUT2D eigenvalue weighted by molar-refractivity contribution is 5.88. The van der Waals surface area contributed by atoms with Crippen LogP contribution in [0.3, 0.4) is 0 Å². The lowest BCUT2D eigenvalue weighted by atomic mass is 9.85. The molecule has 5 nitrogen and oxygen atoms in total. The molecule has 5 heteroatoms. The fourth-order valence-corrected chi connectivity index (χ4v) is 2.69. The minimum Gasteiger partial charge on any atom is -0.480 e. The molecule has 2 fully saturated rings. The second-order valence-electron chi connectivity index (χ2n) is 5.78. The Kier molecular flexibility index (Phi) is 3.61. The highest BCUT2D eigenvalue weighted by Gasteiger charge is 2.49. The smallest absolute Gasteiger partial charge is 0.329 e. The van der Waals surface area contributed by atoms with Gasteiger partial charge in [-0.15, -0.1) is 0 Å². The van der Waals surface area contributed by atoms with E-state index in [1.165, 1.54) is 0 Å². The Balaban J connectivity index is 1.95. The van der Waals surface area contributed by atoms with Crippen LogP contribution in [0.5, 0.6) is 0 Å². The van der Waals surface area contributed by atoms with E-state index in [9.17, 15) is 19.8 Å². The lowest BCUT2D eigenvalue weighted by Gasteiger charge is -2.31. The van der Waals surface area contributed by atoms with E-state index < -0.39 is 11.5 Å². The fraction of sp³-hybridized carbons (Fsp3) is 0.846. The third-order valence-electron chi connectivity index (χ3n) is 4.29. The van der Waals surface area contributed by atoms with Crippen LogP contribution >= 0.6 is 0 Å². The maximum atomic E-state index is 12.1. The summed E-state index contributed by atoms with van der Waals surface area (Å²) in [6, 6.07) is 0. The number of carbonyl (C=O) groups excluding carboxylic acids is 1. The molecule has 1 unspecified atom stereocenters. The van der Waals surface area contributed by atoms with Crippen LogP contribution in [0.1, 0.15) is 45.4 Å². The number of carbonyl (C=O) groups is 2. The van der Waals surface area contributed by atoms with Crippen molar-refractivity contribution in [3.05, 3.63) is 0 Å². The Bertz CT molecular complexity index is 345. The number of amides is 1. The van der Waals surface area contributed by atoms with Crippen LogP contribution < -0.4 is 5.32 Å². The first-order valence-electron chi connectivity index (χ1n) is 6.67. The first kappa shape index (κ1) is 13.3. The van der Waals surface area contributed by atoms with Crippen LogP contribution in [0, 0.1) is 11.8 Å². The molecule has 2 rings (SSSR count). The summed E-state index contributed by atoms with van der Waals surface area (Å²) in [4.78, 5) is 23.4. The van der Waals surface area contributed by atoms with Gasteiger partial charge in [-0.25, -0.2) is 4.79 Å². The average Bonchev–Trinajstić information content (AvgIpc) is 3.13. The lowest BCUT2D eigenvalue weighted by molar-refractivity contribution is -0.149. The van der Waals surface area contributed by atoms with Gasteiger partial charge in [0.2, 0.25) is 5.91 Å². The first-order chi connectivity index (χ1) is 8.43. The van der Waals surface area contributed by atoms with Gasteiger partial charge in [0, 0.05) is 5.92 Å². The summed E-state index contributed by atoms with van der Waals surface area (Å²) in [5, 5.41) is 21.4. The Morgan fingerprint density at radius 1 is 1.11 bits per heavy atom. The van der Waals surface area contributed by atoms with Crippen LogP contribution in [0.4, 0.5) is 0 Å². The van der Waals surface area contributed by atoms with Gasteiger partial charge in [0.15, 0.2) is 0 Å². The number of rotatable bonds is 4. The largest absolute Gasteiger partial charge is 0.480 e. The molecule has 0 aliphatic heterocycles. The molecule has 1 atom stereocenters. The van der Waals surface area contributed by atoms with Crippen molar-refractivity contribution in [2.45, 2.75) is 57.1 Å². The number of hydrogen-bond donors (Lipinski definition) is 3. The standard InChI is InChI=1S/C13H21NO4/c1-13(12(17)18,9-4-5-9)14-11(16)8-2-6-10(15)7-3-8/h8-10,15H,2-7H2,1H3,(H,14,16)(H,17,18). The molecule has 102 valence electrons. The molecule has 2 saturated carbocycles. The molecule has 0 spiro atoms. The zero-order chi connectivity index (χ0) is 13.3. The van der Waals surface area contributed by atoms with Gasteiger partial charge < -0.3 is 15.5 Å². The SMILES string of the molecule is CC(NC(=O)C1CCC(O)CC1)(C(=O)O)C1CC1. The molecule has 0 bridgehead atoms. The van der Waals surface area contributed by atoms with Crippen LogP contribution in [0.15, 0.2) is 0 Å². The van der Waals surface area contributed by atoms with Crippen LogP contribution in [-0.4, -0.2) is 33.7 Å². The number of hydrogen-bond acceptors (Lipinski definition) is 3. The minimum absolute atomic E-state index is 0.0631. The number of aliphatic carboxylic acids is 1. The molecule has 2 aliphatic rings. The summed E-state index contributed by atoms with van der Waals surface area (Å²) in [6.45, 7) is 1.60. The number of carboxylic acids is 1. The molecular weight excluding hydrogens is 234 g/mol. The molecule has 3 N–H and O–H groups in total. The van der Waals surface area contributed by atoms with Gasteiger partial charge in [0.05, 0.1) is 6.10 Å². The van der Waals surface area contributed by atoms with E-state index in [0.717, 1.165) is 12.8 Å². The van der Waals surface area contributed by atoms with Crippen molar-refractivity contribution >= 4 is 11.9 Å². The average molecular weight is 255 g/mol. The molecule has 0 aromatic heterocycles. The van der Waals surface area contributed by atoms with Crippen molar-refractivity contribution in [1.82, 2.24) is 5.32 Å². The summed E-state index contributed by atoms with van der Waals surface area (Å²) in [6.07, 6.45) is 3.99. The molecule has 0 heterocycles. The molecule has 0 aromatic carbocycles. The van der Waals surface area contributed by atoms with E-state index in [2.05, 4.69) is 5.32 Å². The van der Waals surface area contributed by atoms with Gasteiger partial charge in [-0.3, -0.25) is 4.79 Å². The summed E-state index contributed by atoms with van der Waals surface area (Å²) in [5.74, 6) is -1.20. The van der Waals surface area contributed by atoms with Crippen molar-refractivity contribution in [3.8, 4) is 0 Å². The molecule has 0 saturated heterocycles. The summed E-state index contributed by atoms with van der Waals surface area (Å²) in [7, 11) is 0. The van der Waals surface area contributed by atoms with Gasteiger partial charge in [-0.1, -0.05) is 0 Å². The van der Waals surface area contributed by atoms with Crippen molar-refractivity contribution in [2.24, 2.45) is 11.8 Å². The monoisotopic (exact) mass is 255 g/mol. The predicted molar refractivity (Wildman–Crippen MR) is 64.9 cm³/mol. The van der Waals surface area contributed by atoms with E-state index in [1.54, 1.807) is 6.92 Å². The van der Waals surface area contributed by atoms with E-state index in [-0.39, 0.29) is 23.8 Å². The molecular formula is C13H21NO4. The molecule has 18 heavy (non-hydrogen) atoms. The maximum absolute atomic E-state index is 12.1. The van der Waals surface area contributed by atoms with E-state index >= 15 is 0 Å². The molecule has 1 amide bonds. The first-order valence-corrected chi connectivity index (χ1v) is 6.67. The second kappa shape index (κ2) is 4.88. The normalized spacial score (nSPS) is 31.4. The quantitative estimate of drug-likeness (QED) is 0.696. The van der Waals surface area contributed by atoms with Gasteiger partial charge in [-0.2, -0.15) is 0 Å². The van der Waals surface area contributed by atoms with Crippen LogP contribution in [0.2, 0.25) is 0 Å². The van der Waals surface area contributed by atoms with Crippen molar-refractivity contribution in [3.63, 3.8) is 0 Å². The second-order valence-corrected chi connectivity index (χ2v) is 5.78. The Hall–Kier alpha value is -1.10. The lowest BCUT2D eigenvalue weighted by Crippen LogP contribution is -2.55. The van der Waals surface area contributed by atoms with Gasteiger partial charge >= 0.3 is 5.97 Å². The van der Waals surface area contributed by atoms with Crippen molar-refractivity contribution < 1.29 is 19.8 Å². The number of carboxylic acid groups (broad SMARTS) is 1. The van der Waals surface area contributed by atoms with Crippen molar-refractivity contribution in [2.75, 3.05) is 0 Å². The summed E-state index contributed by atoms with van der Waals surface area (Å²) >= 11 is 0.